The van der Waals surface area contributed by atoms with Crippen molar-refractivity contribution in [3.8, 4) is 0 Å². The summed E-state index contributed by atoms with van der Waals surface area (Å²) in [6.07, 6.45) is 0.819. The van der Waals surface area contributed by atoms with Crippen molar-refractivity contribution in [2.45, 2.75) is 20.0 Å². The van der Waals surface area contributed by atoms with Crippen LogP contribution in [-0.4, -0.2) is 15.9 Å². The first-order valence-electron chi connectivity index (χ1n) is 4.61. The molecule has 1 N–H and O–H groups in total. The number of carbonyl (C=O) groups is 1. The Kier molecular flexibility index (Phi) is 3.49. The number of aryl methyl sites for hydroxylation is 1. The fourth-order valence-electron chi connectivity index (χ4n) is 1.21. The second-order valence-corrected chi connectivity index (χ2v) is 3.33. The summed E-state index contributed by atoms with van der Waals surface area (Å²) in [5, 5.41) is 6.46. The minimum absolute atomic E-state index is 0.336. The van der Waals surface area contributed by atoms with E-state index in [2.05, 4.69) is 17.0 Å². The molecule has 1 aromatic rings. The third-order valence-corrected chi connectivity index (χ3v) is 1.87. The van der Waals surface area contributed by atoms with Crippen LogP contribution in [0.2, 0.25) is 0 Å². The van der Waals surface area contributed by atoms with Gasteiger partial charge in [0.05, 0.1) is 5.69 Å². The van der Waals surface area contributed by atoms with Gasteiger partial charge in [-0.3, -0.25) is 10.00 Å². The summed E-state index contributed by atoms with van der Waals surface area (Å²) in [4.78, 5) is 11.2. The monoisotopic (exact) mass is 209 g/mol. The minimum Gasteiger partial charge on any atom is -0.440 e. The molecule has 1 atom stereocenters. The van der Waals surface area contributed by atoms with Crippen LogP contribution in [-0.2, 0) is 11.8 Å². The van der Waals surface area contributed by atoms with Crippen LogP contribution in [0.5, 0.6) is 0 Å². The van der Waals surface area contributed by atoms with Crippen LogP contribution < -0.4 is 5.32 Å². The summed E-state index contributed by atoms with van der Waals surface area (Å²) in [5.74, 6) is 0. The van der Waals surface area contributed by atoms with Gasteiger partial charge in [0.2, 0.25) is 0 Å². The quantitative estimate of drug-likeness (QED) is 0.825. The molecule has 1 amide bonds. The zero-order chi connectivity index (χ0) is 11.4. The standard InChI is InChI=1S/C10H15N3O2/c1-7(2)12-10(14)15-8(3)9-5-6-11-13(9)4/h5-6,8H,1H2,2-4H3,(H,12,14)/t8-/m1/s1. The third-order valence-electron chi connectivity index (χ3n) is 1.87. The molecule has 0 radical (unpaired) electrons. The summed E-state index contributed by atoms with van der Waals surface area (Å²) >= 11 is 0. The molecule has 0 aliphatic carbocycles. The molecule has 0 aliphatic rings. The lowest BCUT2D eigenvalue weighted by Crippen LogP contribution is -2.23. The summed E-state index contributed by atoms with van der Waals surface area (Å²) < 4.78 is 6.78. The van der Waals surface area contributed by atoms with E-state index < -0.39 is 6.09 Å². The first kappa shape index (κ1) is 11.3. The van der Waals surface area contributed by atoms with Gasteiger partial charge in [-0.15, -0.1) is 0 Å². The Hall–Kier alpha value is -1.78. The Morgan fingerprint density at radius 3 is 2.87 bits per heavy atom. The van der Waals surface area contributed by atoms with Crippen LogP contribution in [0.15, 0.2) is 24.5 Å². The Morgan fingerprint density at radius 2 is 2.40 bits per heavy atom. The average Bonchev–Trinajstić information content (AvgIpc) is 2.49. The van der Waals surface area contributed by atoms with E-state index >= 15 is 0 Å². The number of amides is 1. The second-order valence-electron chi connectivity index (χ2n) is 3.33. The van der Waals surface area contributed by atoms with E-state index in [0.717, 1.165) is 5.69 Å². The zero-order valence-corrected chi connectivity index (χ0v) is 9.15. The van der Waals surface area contributed by atoms with Gasteiger partial charge in [0.25, 0.3) is 0 Å². The molecule has 0 fully saturated rings. The molecule has 0 saturated carbocycles. The number of allylic oxidation sites excluding steroid dienone is 1. The first-order chi connectivity index (χ1) is 7.00. The molecule has 0 spiro atoms. The first-order valence-corrected chi connectivity index (χ1v) is 4.61. The summed E-state index contributed by atoms with van der Waals surface area (Å²) in [6.45, 7) is 7.03. The van der Waals surface area contributed by atoms with E-state index in [1.165, 1.54) is 0 Å². The number of alkyl carbamates (subject to hydrolysis) is 1. The van der Waals surface area contributed by atoms with Crippen molar-refractivity contribution in [2.75, 3.05) is 0 Å². The van der Waals surface area contributed by atoms with Crippen LogP contribution in [0.1, 0.15) is 25.6 Å². The smallest absolute Gasteiger partial charge is 0.411 e. The molecule has 5 heteroatoms. The number of hydrogen-bond acceptors (Lipinski definition) is 3. The van der Waals surface area contributed by atoms with Crippen molar-refractivity contribution >= 4 is 6.09 Å². The molecule has 1 aromatic heterocycles. The van der Waals surface area contributed by atoms with Gasteiger partial charge in [0, 0.05) is 18.9 Å². The number of carbonyl (C=O) groups excluding carboxylic acids is 1. The van der Waals surface area contributed by atoms with E-state index in [-0.39, 0.29) is 6.10 Å². The second kappa shape index (κ2) is 4.63. The Morgan fingerprint density at radius 1 is 1.73 bits per heavy atom. The molecule has 15 heavy (non-hydrogen) atoms. The van der Waals surface area contributed by atoms with E-state index in [0.29, 0.717) is 5.70 Å². The van der Waals surface area contributed by atoms with Gasteiger partial charge in [0.1, 0.15) is 6.10 Å². The van der Waals surface area contributed by atoms with E-state index in [1.54, 1.807) is 37.8 Å². The Balaban J connectivity index is 2.56. The Bertz CT molecular complexity index is 370. The molecule has 0 aliphatic heterocycles. The summed E-state index contributed by atoms with van der Waals surface area (Å²) in [7, 11) is 1.80. The normalized spacial score (nSPS) is 11.9. The highest BCUT2D eigenvalue weighted by Crippen LogP contribution is 2.15. The number of ether oxygens (including phenoxy) is 1. The van der Waals surface area contributed by atoms with Gasteiger partial charge in [0.15, 0.2) is 0 Å². The molecule has 5 nitrogen and oxygen atoms in total. The van der Waals surface area contributed by atoms with Crippen molar-refractivity contribution in [2.24, 2.45) is 7.05 Å². The molecule has 0 saturated heterocycles. The number of hydrogen-bond donors (Lipinski definition) is 1. The maximum Gasteiger partial charge on any atom is 0.411 e. The lowest BCUT2D eigenvalue weighted by molar-refractivity contribution is 0.105. The highest BCUT2D eigenvalue weighted by atomic mass is 16.6. The topological polar surface area (TPSA) is 56.1 Å². The molecule has 0 aromatic carbocycles. The van der Waals surface area contributed by atoms with Crippen molar-refractivity contribution in [3.63, 3.8) is 0 Å². The van der Waals surface area contributed by atoms with Gasteiger partial charge in [-0.05, 0) is 19.9 Å². The van der Waals surface area contributed by atoms with Crippen LogP contribution in [0, 0.1) is 0 Å². The maximum absolute atomic E-state index is 11.2. The SMILES string of the molecule is C=C(C)NC(=O)O[C@H](C)c1ccnn1C. The molecule has 1 rings (SSSR count). The van der Waals surface area contributed by atoms with E-state index in [1.807, 2.05) is 0 Å². The molecule has 1 heterocycles. The molecule has 82 valence electrons. The van der Waals surface area contributed by atoms with E-state index in [9.17, 15) is 4.79 Å². The average molecular weight is 209 g/mol. The minimum atomic E-state index is -0.504. The molecule has 0 bridgehead atoms. The third kappa shape index (κ3) is 3.12. The molecule has 0 unspecified atom stereocenters. The van der Waals surface area contributed by atoms with Crippen LogP contribution in [0.4, 0.5) is 4.79 Å². The fraction of sp³-hybridized carbons (Fsp3) is 0.400. The van der Waals surface area contributed by atoms with Gasteiger partial charge in [-0.1, -0.05) is 6.58 Å². The van der Waals surface area contributed by atoms with Crippen LogP contribution in [0.3, 0.4) is 0 Å². The number of nitrogens with one attached hydrogen (secondary N) is 1. The predicted molar refractivity (Wildman–Crippen MR) is 56.1 cm³/mol. The largest absolute Gasteiger partial charge is 0.440 e. The molecular weight excluding hydrogens is 194 g/mol. The van der Waals surface area contributed by atoms with Gasteiger partial charge >= 0.3 is 6.09 Å². The van der Waals surface area contributed by atoms with Crippen molar-refractivity contribution in [3.05, 3.63) is 30.2 Å². The van der Waals surface area contributed by atoms with Crippen LogP contribution >= 0.6 is 0 Å². The highest BCUT2D eigenvalue weighted by molar-refractivity contribution is 5.69. The summed E-state index contributed by atoms with van der Waals surface area (Å²) in [5.41, 5.74) is 1.39. The summed E-state index contributed by atoms with van der Waals surface area (Å²) in [6, 6.07) is 1.80. The van der Waals surface area contributed by atoms with Crippen molar-refractivity contribution in [1.82, 2.24) is 15.1 Å². The zero-order valence-electron chi connectivity index (χ0n) is 9.15. The van der Waals surface area contributed by atoms with Crippen molar-refractivity contribution in [1.29, 1.82) is 0 Å². The van der Waals surface area contributed by atoms with Crippen molar-refractivity contribution < 1.29 is 9.53 Å². The predicted octanol–water partition coefficient (Wildman–Crippen LogP) is 1.74. The molecular formula is C10H15N3O2. The lowest BCUT2D eigenvalue weighted by Gasteiger charge is -2.13. The number of nitrogens with zero attached hydrogens (tertiary/aromatic N) is 2. The van der Waals surface area contributed by atoms with E-state index in [4.69, 9.17) is 4.74 Å². The Labute approximate surface area is 88.7 Å². The van der Waals surface area contributed by atoms with Gasteiger partial charge in [-0.2, -0.15) is 5.10 Å². The van der Waals surface area contributed by atoms with Crippen LogP contribution in [0.25, 0.3) is 0 Å². The van der Waals surface area contributed by atoms with Gasteiger partial charge < -0.3 is 4.74 Å². The maximum atomic E-state index is 11.2. The lowest BCUT2D eigenvalue weighted by atomic mass is 10.3. The fourth-order valence-corrected chi connectivity index (χ4v) is 1.21. The van der Waals surface area contributed by atoms with Gasteiger partial charge in [-0.25, -0.2) is 4.79 Å². The number of rotatable bonds is 3. The number of aromatic nitrogens is 2. The highest BCUT2D eigenvalue weighted by Gasteiger charge is 2.14.